The minimum Gasteiger partial charge on any atom is -0.481 e. The Labute approximate surface area is 126 Å². The van der Waals surface area contributed by atoms with Gasteiger partial charge in [0, 0.05) is 12.5 Å². The van der Waals surface area contributed by atoms with Crippen LogP contribution in [0.1, 0.15) is 30.7 Å². The highest BCUT2D eigenvalue weighted by Crippen LogP contribution is 2.27. The van der Waals surface area contributed by atoms with E-state index in [-0.39, 0.29) is 36.5 Å². The molecule has 0 saturated heterocycles. The lowest BCUT2D eigenvalue weighted by atomic mass is 9.80. The largest absolute Gasteiger partial charge is 0.481 e. The average Bonchev–Trinajstić information content (AvgIpc) is 2.65. The SMILES string of the molecule is Cc1nn(CCC(=O)NC2CC(C(=O)O)C2)c(C)c1[N+](=O)[O-]. The summed E-state index contributed by atoms with van der Waals surface area (Å²) < 4.78 is 1.45. The normalized spacial score (nSPS) is 20.3. The summed E-state index contributed by atoms with van der Waals surface area (Å²) in [5.41, 5.74) is 0.722. The van der Waals surface area contributed by atoms with Crippen LogP contribution in [0.3, 0.4) is 0 Å². The number of carbonyl (C=O) groups excluding carboxylic acids is 1. The monoisotopic (exact) mass is 310 g/mol. The Bertz CT molecular complexity index is 618. The van der Waals surface area contributed by atoms with Crippen molar-refractivity contribution < 1.29 is 19.6 Å². The Kier molecular flexibility index (Phi) is 4.43. The maximum atomic E-state index is 11.8. The van der Waals surface area contributed by atoms with Crippen LogP contribution in [0.4, 0.5) is 5.69 Å². The van der Waals surface area contributed by atoms with E-state index in [4.69, 9.17) is 5.11 Å². The average molecular weight is 310 g/mol. The quantitative estimate of drug-likeness (QED) is 0.590. The lowest BCUT2D eigenvalue weighted by Crippen LogP contribution is -2.46. The summed E-state index contributed by atoms with van der Waals surface area (Å²) in [4.78, 5) is 32.9. The van der Waals surface area contributed by atoms with Crippen LogP contribution in [0, 0.1) is 29.9 Å². The number of aryl methyl sites for hydroxylation is 2. The zero-order chi connectivity index (χ0) is 16.4. The minimum absolute atomic E-state index is 0.0244. The van der Waals surface area contributed by atoms with Crippen LogP contribution in [0.25, 0.3) is 0 Å². The van der Waals surface area contributed by atoms with Crippen molar-refractivity contribution in [1.29, 1.82) is 0 Å². The first kappa shape index (κ1) is 15.9. The third-order valence-electron chi connectivity index (χ3n) is 3.93. The molecule has 1 aromatic rings. The van der Waals surface area contributed by atoms with Gasteiger partial charge in [-0.2, -0.15) is 5.10 Å². The molecule has 1 aliphatic rings. The molecule has 2 N–H and O–H groups in total. The van der Waals surface area contributed by atoms with Gasteiger partial charge in [-0.05, 0) is 26.7 Å². The lowest BCUT2D eigenvalue weighted by molar-refractivity contribution is -0.386. The number of hydrogen-bond acceptors (Lipinski definition) is 5. The van der Waals surface area contributed by atoms with Crippen molar-refractivity contribution in [3.8, 4) is 0 Å². The summed E-state index contributed by atoms with van der Waals surface area (Å²) >= 11 is 0. The van der Waals surface area contributed by atoms with Gasteiger partial charge in [0.1, 0.15) is 11.4 Å². The molecule has 1 saturated carbocycles. The van der Waals surface area contributed by atoms with Gasteiger partial charge in [-0.1, -0.05) is 0 Å². The number of nitrogens with one attached hydrogen (secondary N) is 1. The predicted octanol–water partition coefficient (Wildman–Crippen LogP) is 0.778. The molecule has 0 radical (unpaired) electrons. The van der Waals surface area contributed by atoms with Crippen LogP contribution < -0.4 is 5.32 Å². The zero-order valence-corrected chi connectivity index (χ0v) is 12.4. The first-order valence-electron chi connectivity index (χ1n) is 7.00. The summed E-state index contributed by atoms with van der Waals surface area (Å²) in [6, 6.07) is -0.0941. The molecule has 0 aromatic carbocycles. The van der Waals surface area contributed by atoms with E-state index in [1.54, 1.807) is 13.8 Å². The highest BCUT2D eigenvalue weighted by atomic mass is 16.6. The molecule has 2 rings (SSSR count). The van der Waals surface area contributed by atoms with Gasteiger partial charge >= 0.3 is 11.7 Å². The van der Waals surface area contributed by atoms with Crippen molar-refractivity contribution >= 4 is 17.6 Å². The number of nitrogens with zero attached hydrogens (tertiary/aromatic N) is 3. The summed E-state index contributed by atoms with van der Waals surface area (Å²) in [7, 11) is 0. The minimum atomic E-state index is -0.833. The number of carbonyl (C=O) groups is 2. The van der Waals surface area contributed by atoms with E-state index in [0.29, 0.717) is 24.2 Å². The standard InChI is InChI=1S/C13H18N4O5/c1-7-12(17(21)22)8(2)16(15-7)4-3-11(18)14-10-5-9(6-10)13(19)20/h9-10H,3-6H2,1-2H3,(H,14,18)(H,19,20). The van der Waals surface area contributed by atoms with E-state index in [9.17, 15) is 19.7 Å². The van der Waals surface area contributed by atoms with Crippen LogP contribution in [0.5, 0.6) is 0 Å². The first-order chi connectivity index (χ1) is 10.3. The van der Waals surface area contributed by atoms with Crippen LogP contribution in [-0.2, 0) is 16.1 Å². The van der Waals surface area contributed by atoms with Crippen LogP contribution in [0.2, 0.25) is 0 Å². The number of rotatable bonds is 6. The lowest BCUT2D eigenvalue weighted by Gasteiger charge is -2.32. The Morgan fingerprint density at radius 2 is 2.09 bits per heavy atom. The van der Waals surface area contributed by atoms with Gasteiger partial charge in [-0.15, -0.1) is 0 Å². The number of carboxylic acid groups (broad SMARTS) is 1. The van der Waals surface area contributed by atoms with Gasteiger partial charge in [0.2, 0.25) is 5.91 Å². The Hall–Kier alpha value is -2.45. The van der Waals surface area contributed by atoms with Gasteiger partial charge in [0.05, 0.1) is 17.4 Å². The van der Waals surface area contributed by atoms with Gasteiger partial charge in [-0.3, -0.25) is 24.4 Å². The molecule has 0 aliphatic heterocycles. The van der Waals surface area contributed by atoms with Crippen LogP contribution in [-0.4, -0.2) is 37.7 Å². The van der Waals surface area contributed by atoms with Crippen molar-refractivity contribution in [2.24, 2.45) is 5.92 Å². The number of hydrogen-bond donors (Lipinski definition) is 2. The van der Waals surface area contributed by atoms with Gasteiger partial charge in [0.15, 0.2) is 0 Å². The van der Waals surface area contributed by atoms with E-state index in [1.807, 2.05) is 0 Å². The van der Waals surface area contributed by atoms with Crippen molar-refractivity contribution in [2.75, 3.05) is 0 Å². The molecule has 120 valence electrons. The van der Waals surface area contributed by atoms with Crippen molar-refractivity contribution in [1.82, 2.24) is 15.1 Å². The molecule has 0 atom stereocenters. The predicted molar refractivity (Wildman–Crippen MR) is 75.3 cm³/mol. The number of aliphatic carboxylic acids is 1. The highest BCUT2D eigenvalue weighted by molar-refractivity contribution is 5.77. The third-order valence-corrected chi connectivity index (χ3v) is 3.93. The van der Waals surface area contributed by atoms with E-state index >= 15 is 0 Å². The zero-order valence-electron chi connectivity index (χ0n) is 12.4. The second kappa shape index (κ2) is 6.12. The number of amides is 1. The molecule has 1 aromatic heterocycles. The number of carboxylic acids is 1. The molecule has 9 nitrogen and oxygen atoms in total. The fourth-order valence-electron chi connectivity index (χ4n) is 2.61. The van der Waals surface area contributed by atoms with Crippen LogP contribution >= 0.6 is 0 Å². The van der Waals surface area contributed by atoms with E-state index in [0.717, 1.165) is 0 Å². The van der Waals surface area contributed by atoms with Crippen molar-refractivity contribution in [3.05, 3.63) is 21.5 Å². The fourth-order valence-corrected chi connectivity index (χ4v) is 2.61. The summed E-state index contributed by atoms with van der Waals surface area (Å²) in [6.07, 6.45) is 1.05. The smallest absolute Gasteiger partial charge is 0.312 e. The van der Waals surface area contributed by atoms with Crippen molar-refractivity contribution in [3.63, 3.8) is 0 Å². The molecule has 1 heterocycles. The summed E-state index contributed by atoms with van der Waals surface area (Å²) in [6.45, 7) is 3.41. The molecule has 0 unspecified atom stereocenters. The molecule has 1 aliphatic carbocycles. The van der Waals surface area contributed by atoms with E-state index in [2.05, 4.69) is 10.4 Å². The third kappa shape index (κ3) is 3.23. The van der Waals surface area contributed by atoms with Gasteiger partial charge in [-0.25, -0.2) is 0 Å². The molecule has 1 fully saturated rings. The van der Waals surface area contributed by atoms with E-state index < -0.39 is 10.9 Å². The molecule has 22 heavy (non-hydrogen) atoms. The molecule has 0 bridgehead atoms. The first-order valence-corrected chi connectivity index (χ1v) is 7.00. The second-order valence-electron chi connectivity index (χ2n) is 5.52. The highest BCUT2D eigenvalue weighted by Gasteiger charge is 2.35. The van der Waals surface area contributed by atoms with Gasteiger partial charge in [0.25, 0.3) is 0 Å². The summed E-state index contributed by atoms with van der Waals surface area (Å²) in [5.74, 6) is -1.41. The number of aromatic nitrogens is 2. The Balaban J connectivity index is 1.84. The van der Waals surface area contributed by atoms with Crippen LogP contribution in [0.15, 0.2) is 0 Å². The Morgan fingerprint density at radius 1 is 1.45 bits per heavy atom. The van der Waals surface area contributed by atoms with Gasteiger partial charge < -0.3 is 10.4 Å². The molecular formula is C13H18N4O5. The fraction of sp³-hybridized carbons (Fsp3) is 0.615. The molecule has 9 heteroatoms. The molecule has 0 spiro atoms. The van der Waals surface area contributed by atoms with Crippen molar-refractivity contribution in [2.45, 2.75) is 45.7 Å². The molecular weight excluding hydrogens is 292 g/mol. The second-order valence-corrected chi connectivity index (χ2v) is 5.52. The van der Waals surface area contributed by atoms with E-state index in [1.165, 1.54) is 4.68 Å². The summed E-state index contributed by atoms with van der Waals surface area (Å²) in [5, 5.41) is 26.5. The topological polar surface area (TPSA) is 127 Å². The maximum absolute atomic E-state index is 11.8. The maximum Gasteiger partial charge on any atom is 0.312 e. The Morgan fingerprint density at radius 3 is 2.59 bits per heavy atom. The number of nitro groups is 1. The molecule has 1 amide bonds.